The van der Waals surface area contributed by atoms with Gasteiger partial charge in [0, 0.05) is 11.8 Å². The largest absolute Gasteiger partial charge is 0.497 e. The molecule has 3 aromatic rings. The lowest BCUT2D eigenvalue weighted by molar-refractivity contribution is 0.0952. The highest BCUT2D eigenvalue weighted by atomic mass is 16.5. The predicted octanol–water partition coefficient (Wildman–Crippen LogP) is 2.43. The van der Waals surface area contributed by atoms with E-state index < -0.39 is 0 Å². The molecule has 24 heavy (non-hydrogen) atoms. The van der Waals surface area contributed by atoms with Gasteiger partial charge in [-0.3, -0.25) is 9.20 Å². The molecule has 0 aliphatic carbocycles. The molecule has 3 rings (SSSR count). The smallest absolute Gasteiger partial charge is 0.270 e. The van der Waals surface area contributed by atoms with Crippen LogP contribution in [0.1, 0.15) is 21.7 Å². The van der Waals surface area contributed by atoms with Crippen molar-refractivity contribution in [3.8, 4) is 17.6 Å². The summed E-state index contributed by atoms with van der Waals surface area (Å²) in [6.07, 6.45) is 1.83. The highest BCUT2D eigenvalue weighted by Crippen LogP contribution is 2.11. The Morgan fingerprint density at radius 3 is 2.79 bits per heavy atom. The highest BCUT2D eigenvalue weighted by molar-refractivity contribution is 5.94. The zero-order valence-corrected chi connectivity index (χ0v) is 13.5. The number of nitrogens with one attached hydrogen (secondary N) is 1. The Bertz CT molecular complexity index is 931. The van der Waals surface area contributed by atoms with Gasteiger partial charge in [0.15, 0.2) is 0 Å². The average molecular weight is 319 g/mol. The molecule has 1 aromatic carbocycles. The summed E-state index contributed by atoms with van der Waals surface area (Å²) in [7, 11) is 1.62. The monoisotopic (exact) mass is 319 g/mol. The zero-order chi connectivity index (χ0) is 16.9. The fourth-order valence-corrected chi connectivity index (χ4v) is 2.42. The van der Waals surface area contributed by atoms with Gasteiger partial charge in [0.1, 0.15) is 17.1 Å². The van der Waals surface area contributed by atoms with E-state index in [1.165, 1.54) is 0 Å². The molecule has 0 aliphatic heterocycles. The number of carbonyl (C=O) groups is 1. The number of aryl methyl sites for hydroxylation is 1. The van der Waals surface area contributed by atoms with Gasteiger partial charge >= 0.3 is 0 Å². The van der Waals surface area contributed by atoms with E-state index in [2.05, 4.69) is 22.1 Å². The summed E-state index contributed by atoms with van der Waals surface area (Å²) in [5.74, 6) is 6.56. The van der Waals surface area contributed by atoms with Crippen molar-refractivity contribution in [3.63, 3.8) is 0 Å². The third kappa shape index (κ3) is 3.23. The van der Waals surface area contributed by atoms with Crippen LogP contribution in [0.5, 0.6) is 5.75 Å². The van der Waals surface area contributed by atoms with E-state index in [1.54, 1.807) is 11.5 Å². The molecule has 0 fully saturated rings. The van der Waals surface area contributed by atoms with Crippen LogP contribution in [0.3, 0.4) is 0 Å². The van der Waals surface area contributed by atoms with Crippen LogP contribution < -0.4 is 10.1 Å². The first-order valence-corrected chi connectivity index (χ1v) is 7.54. The molecule has 1 N–H and O–H groups in total. The minimum Gasteiger partial charge on any atom is -0.497 e. The molecule has 0 radical (unpaired) electrons. The molecular weight excluding hydrogens is 302 g/mol. The van der Waals surface area contributed by atoms with Gasteiger partial charge in [-0.05, 0) is 43.3 Å². The van der Waals surface area contributed by atoms with Crippen LogP contribution in [0, 0.1) is 18.8 Å². The minimum absolute atomic E-state index is 0.185. The van der Waals surface area contributed by atoms with Crippen molar-refractivity contribution in [2.24, 2.45) is 0 Å². The number of pyridine rings is 1. The van der Waals surface area contributed by atoms with Crippen molar-refractivity contribution >= 4 is 11.6 Å². The molecule has 1 amide bonds. The Labute approximate surface area is 140 Å². The average Bonchev–Trinajstić information content (AvgIpc) is 2.95. The van der Waals surface area contributed by atoms with Crippen LogP contribution in [-0.2, 0) is 0 Å². The molecule has 120 valence electrons. The maximum absolute atomic E-state index is 12.4. The van der Waals surface area contributed by atoms with Crippen LogP contribution in [0.4, 0.5) is 0 Å². The lowest BCUT2D eigenvalue weighted by Crippen LogP contribution is -2.25. The van der Waals surface area contributed by atoms with E-state index in [9.17, 15) is 4.79 Å². The third-order valence-corrected chi connectivity index (χ3v) is 3.58. The minimum atomic E-state index is -0.185. The molecule has 0 saturated heterocycles. The normalized spacial score (nSPS) is 10.1. The maximum Gasteiger partial charge on any atom is 0.270 e. The summed E-state index contributed by atoms with van der Waals surface area (Å²) < 4.78 is 6.88. The first-order valence-electron chi connectivity index (χ1n) is 7.54. The number of benzene rings is 1. The fourth-order valence-electron chi connectivity index (χ4n) is 2.42. The SMILES string of the molecule is COc1ccc(C#CCNC(=O)c2c(C)nc3ccccn23)cc1. The number of rotatable bonds is 3. The number of imidazole rings is 1. The lowest BCUT2D eigenvalue weighted by atomic mass is 10.2. The van der Waals surface area contributed by atoms with Crippen molar-refractivity contribution in [2.75, 3.05) is 13.7 Å². The molecule has 0 spiro atoms. The topological polar surface area (TPSA) is 55.6 Å². The van der Waals surface area contributed by atoms with Crippen LogP contribution in [0.25, 0.3) is 5.65 Å². The second-order valence-electron chi connectivity index (χ2n) is 5.19. The Hall–Kier alpha value is -3.26. The van der Waals surface area contributed by atoms with Crippen molar-refractivity contribution in [1.82, 2.24) is 14.7 Å². The van der Waals surface area contributed by atoms with Gasteiger partial charge in [0.2, 0.25) is 0 Å². The van der Waals surface area contributed by atoms with E-state index in [4.69, 9.17) is 4.74 Å². The Morgan fingerprint density at radius 2 is 2.04 bits per heavy atom. The van der Waals surface area contributed by atoms with Crippen molar-refractivity contribution in [2.45, 2.75) is 6.92 Å². The van der Waals surface area contributed by atoms with Gasteiger partial charge in [-0.2, -0.15) is 0 Å². The fraction of sp³-hybridized carbons (Fsp3) is 0.158. The van der Waals surface area contributed by atoms with Gasteiger partial charge in [-0.1, -0.05) is 17.9 Å². The van der Waals surface area contributed by atoms with Crippen LogP contribution in [-0.4, -0.2) is 28.9 Å². The van der Waals surface area contributed by atoms with E-state index in [0.717, 1.165) is 17.0 Å². The summed E-state index contributed by atoms with van der Waals surface area (Å²) in [5.41, 5.74) is 2.86. The van der Waals surface area contributed by atoms with Crippen molar-refractivity contribution in [1.29, 1.82) is 0 Å². The highest BCUT2D eigenvalue weighted by Gasteiger charge is 2.15. The quantitative estimate of drug-likeness (QED) is 0.754. The van der Waals surface area contributed by atoms with E-state index in [0.29, 0.717) is 11.4 Å². The van der Waals surface area contributed by atoms with Gasteiger partial charge in [-0.15, -0.1) is 0 Å². The Morgan fingerprint density at radius 1 is 1.25 bits per heavy atom. The number of fused-ring (bicyclic) bond motifs is 1. The number of amides is 1. The predicted molar refractivity (Wildman–Crippen MR) is 92.1 cm³/mol. The number of ether oxygens (including phenoxy) is 1. The number of aromatic nitrogens is 2. The molecule has 2 heterocycles. The maximum atomic E-state index is 12.4. The summed E-state index contributed by atoms with van der Waals surface area (Å²) in [6, 6.07) is 13.1. The van der Waals surface area contributed by atoms with Gasteiger partial charge in [-0.25, -0.2) is 4.98 Å². The second-order valence-corrected chi connectivity index (χ2v) is 5.19. The first kappa shape index (κ1) is 15.6. The number of methoxy groups -OCH3 is 1. The van der Waals surface area contributed by atoms with E-state index >= 15 is 0 Å². The van der Waals surface area contributed by atoms with E-state index in [1.807, 2.05) is 55.6 Å². The van der Waals surface area contributed by atoms with Crippen LogP contribution >= 0.6 is 0 Å². The van der Waals surface area contributed by atoms with Crippen LogP contribution in [0.2, 0.25) is 0 Å². The summed E-state index contributed by atoms with van der Waals surface area (Å²) in [6.45, 7) is 2.09. The molecule has 0 bridgehead atoms. The summed E-state index contributed by atoms with van der Waals surface area (Å²) >= 11 is 0. The third-order valence-electron chi connectivity index (χ3n) is 3.58. The molecule has 0 saturated carbocycles. The van der Waals surface area contributed by atoms with Crippen molar-refractivity contribution < 1.29 is 9.53 Å². The Balaban J connectivity index is 1.67. The molecule has 2 aromatic heterocycles. The van der Waals surface area contributed by atoms with Crippen molar-refractivity contribution in [3.05, 3.63) is 65.6 Å². The summed E-state index contributed by atoms with van der Waals surface area (Å²) in [5, 5.41) is 2.81. The molecule has 0 aliphatic rings. The number of hydrogen-bond acceptors (Lipinski definition) is 3. The molecule has 0 atom stereocenters. The lowest BCUT2D eigenvalue weighted by Gasteiger charge is -2.02. The Kier molecular flexibility index (Phi) is 4.48. The first-order chi connectivity index (χ1) is 11.7. The molecule has 5 nitrogen and oxygen atoms in total. The van der Waals surface area contributed by atoms with Gasteiger partial charge in [0.05, 0.1) is 19.3 Å². The van der Waals surface area contributed by atoms with Gasteiger partial charge < -0.3 is 10.1 Å². The number of nitrogens with zero attached hydrogens (tertiary/aromatic N) is 2. The summed E-state index contributed by atoms with van der Waals surface area (Å²) in [4.78, 5) is 16.8. The zero-order valence-electron chi connectivity index (χ0n) is 13.5. The van der Waals surface area contributed by atoms with Gasteiger partial charge in [0.25, 0.3) is 5.91 Å². The van der Waals surface area contributed by atoms with Crippen LogP contribution in [0.15, 0.2) is 48.7 Å². The molecule has 5 heteroatoms. The van der Waals surface area contributed by atoms with E-state index in [-0.39, 0.29) is 12.5 Å². The number of hydrogen-bond donors (Lipinski definition) is 1. The second kappa shape index (κ2) is 6.88. The molecule has 0 unspecified atom stereocenters. The molecular formula is C19H17N3O2. The number of carbonyl (C=O) groups excluding carboxylic acids is 1. The standard InChI is InChI=1S/C19H17N3O2/c1-14-18(22-13-4-3-7-17(22)21-14)19(23)20-12-5-6-15-8-10-16(24-2)11-9-15/h3-4,7-11,13H,12H2,1-2H3,(H,20,23).